The predicted molar refractivity (Wildman–Crippen MR) is 59.0 cm³/mol. The standard InChI is InChI=1S/C12H22O4/c1-11(2)13-7-9(15-11)5-6-10-8-14-12(3,4)16-10/h9-10H,5-8H2,1-4H3. The maximum absolute atomic E-state index is 5.74. The molecule has 0 bridgehead atoms. The molecular formula is C12H22O4. The summed E-state index contributed by atoms with van der Waals surface area (Å²) in [6.07, 6.45) is 2.32. The van der Waals surface area contributed by atoms with Gasteiger partial charge in [0.25, 0.3) is 0 Å². The van der Waals surface area contributed by atoms with E-state index in [9.17, 15) is 0 Å². The van der Waals surface area contributed by atoms with E-state index in [4.69, 9.17) is 18.9 Å². The van der Waals surface area contributed by atoms with Crippen molar-refractivity contribution < 1.29 is 18.9 Å². The van der Waals surface area contributed by atoms with E-state index < -0.39 is 11.6 Å². The van der Waals surface area contributed by atoms with Crippen molar-refractivity contribution in [2.45, 2.75) is 64.3 Å². The molecule has 0 N–H and O–H groups in total. The van der Waals surface area contributed by atoms with Crippen molar-refractivity contribution in [1.82, 2.24) is 0 Å². The van der Waals surface area contributed by atoms with Gasteiger partial charge in [-0.3, -0.25) is 0 Å². The molecule has 4 heteroatoms. The molecule has 2 rings (SSSR count). The van der Waals surface area contributed by atoms with E-state index >= 15 is 0 Å². The van der Waals surface area contributed by atoms with Crippen molar-refractivity contribution in [3.8, 4) is 0 Å². The molecule has 0 saturated carbocycles. The van der Waals surface area contributed by atoms with E-state index in [0.29, 0.717) is 13.2 Å². The minimum Gasteiger partial charge on any atom is -0.348 e. The molecule has 2 aliphatic heterocycles. The molecule has 0 radical (unpaired) electrons. The Morgan fingerprint density at radius 1 is 0.812 bits per heavy atom. The zero-order valence-electron chi connectivity index (χ0n) is 10.6. The van der Waals surface area contributed by atoms with Gasteiger partial charge in [-0.2, -0.15) is 0 Å². The van der Waals surface area contributed by atoms with E-state index in [-0.39, 0.29) is 12.2 Å². The fourth-order valence-corrected chi connectivity index (χ4v) is 2.18. The van der Waals surface area contributed by atoms with Crippen LogP contribution in [0.15, 0.2) is 0 Å². The van der Waals surface area contributed by atoms with Crippen molar-refractivity contribution in [3.05, 3.63) is 0 Å². The molecule has 2 aliphatic rings. The van der Waals surface area contributed by atoms with Crippen LogP contribution < -0.4 is 0 Å². The average Bonchev–Trinajstić information content (AvgIpc) is 2.66. The van der Waals surface area contributed by atoms with Crippen LogP contribution in [0.3, 0.4) is 0 Å². The minimum atomic E-state index is -0.420. The van der Waals surface area contributed by atoms with Gasteiger partial charge in [-0.1, -0.05) is 0 Å². The second kappa shape index (κ2) is 4.26. The first-order chi connectivity index (χ1) is 7.36. The number of rotatable bonds is 3. The Bertz CT molecular complexity index is 223. The SMILES string of the molecule is CC1(C)OCC(CCC2COC(C)(C)O2)O1. The summed E-state index contributed by atoms with van der Waals surface area (Å²) in [4.78, 5) is 0. The van der Waals surface area contributed by atoms with Crippen molar-refractivity contribution in [3.63, 3.8) is 0 Å². The van der Waals surface area contributed by atoms with Gasteiger partial charge in [-0.15, -0.1) is 0 Å². The minimum absolute atomic E-state index is 0.197. The summed E-state index contributed by atoms with van der Waals surface area (Å²) >= 11 is 0. The van der Waals surface area contributed by atoms with E-state index in [1.54, 1.807) is 0 Å². The Morgan fingerprint density at radius 2 is 1.19 bits per heavy atom. The molecule has 0 amide bonds. The summed E-state index contributed by atoms with van der Waals surface area (Å²) in [6.45, 7) is 9.17. The van der Waals surface area contributed by atoms with E-state index in [2.05, 4.69) is 0 Å². The summed E-state index contributed by atoms with van der Waals surface area (Å²) in [7, 11) is 0. The summed E-state index contributed by atoms with van der Waals surface area (Å²) in [5.41, 5.74) is 0. The maximum Gasteiger partial charge on any atom is 0.163 e. The topological polar surface area (TPSA) is 36.9 Å². The summed E-state index contributed by atoms with van der Waals surface area (Å²) in [5.74, 6) is -0.839. The van der Waals surface area contributed by atoms with Crippen LogP contribution in [-0.4, -0.2) is 37.0 Å². The zero-order chi connectivity index (χ0) is 11.8. The molecule has 2 fully saturated rings. The lowest BCUT2D eigenvalue weighted by Gasteiger charge is -2.19. The first-order valence-electron chi connectivity index (χ1n) is 6.00. The van der Waals surface area contributed by atoms with E-state index in [1.165, 1.54) is 0 Å². The fourth-order valence-electron chi connectivity index (χ4n) is 2.18. The van der Waals surface area contributed by atoms with Crippen LogP contribution in [0.1, 0.15) is 40.5 Å². The van der Waals surface area contributed by atoms with Crippen molar-refractivity contribution in [2.24, 2.45) is 0 Å². The van der Waals surface area contributed by atoms with Crippen LogP contribution in [0, 0.1) is 0 Å². The highest BCUT2D eigenvalue weighted by atomic mass is 16.7. The Morgan fingerprint density at radius 3 is 1.44 bits per heavy atom. The number of ether oxygens (including phenoxy) is 4. The first-order valence-corrected chi connectivity index (χ1v) is 6.00. The lowest BCUT2D eigenvalue weighted by Crippen LogP contribution is -2.24. The van der Waals surface area contributed by atoms with Gasteiger partial charge in [0.2, 0.25) is 0 Å². The van der Waals surface area contributed by atoms with Crippen molar-refractivity contribution in [2.75, 3.05) is 13.2 Å². The van der Waals surface area contributed by atoms with Crippen molar-refractivity contribution in [1.29, 1.82) is 0 Å². The maximum atomic E-state index is 5.74. The van der Waals surface area contributed by atoms with Crippen LogP contribution in [-0.2, 0) is 18.9 Å². The van der Waals surface area contributed by atoms with Crippen LogP contribution in [0.4, 0.5) is 0 Å². The van der Waals surface area contributed by atoms with Crippen molar-refractivity contribution >= 4 is 0 Å². The normalized spacial score (nSPS) is 36.8. The largest absolute Gasteiger partial charge is 0.348 e. The molecule has 94 valence electrons. The third-order valence-electron chi connectivity index (χ3n) is 2.95. The van der Waals surface area contributed by atoms with Gasteiger partial charge >= 0.3 is 0 Å². The molecule has 2 unspecified atom stereocenters. The molecular weight excluding hydrogens is 208 g/mol. The van der Waals surface area contributed by atoms with E-state index in [1.807, 2.05) is 27.7 Å². The molecule has 0 aromatic carbocycles. The van der Waals surface area contributed by atoms with Gasteiger partial charge in [-0.05, 0) is 40.5 Å². The first kappa shape index (κ1) is 12.3. The molecule has 2 atom stereocenters. The van der Waals surface area contributed by atoms with Gasteiger partial charge in [-0.25, -0.2) is 0 Å². The average molecular weight is 230 g/mol. The summed E-state index contributed by atoms with van der Waals surface area (Å²) < 4.78 is 22.5. The highest BCUT2D eigenvalue weighted by molar-refractivity contribution is 4.76. The molecule has 2 heterocycles. The fraction of sp³-hybridized carbons (Fsp3) is 1.00. The van der Waals surface area contributed by atoms with E-state index in [0.717, 1.165) is 12.8 Å². The van der Waals surface area contributed by atoms with Crippen LogP contribution in [0.5, 0.6) is 0 Å². The Hall–Kier alpha value is -0.160. The molecule has 0 aromatic rings. The number of hydrogen-bond donors (Lipinski definition) is 0. The van der Waals surface area contributed by atoms with Crippen LogP contribution in [0.25, 0.3) is 0 Å². The zero-order valence-corrected chi connectivity index (χ0v) is 10.6. The monoisotopic (exact) mass is 230 g/mol. The predicted octanol–water partition coefficient (Wildman–Crippen LogP) is 2.07. The highest BCUT2D eigenvalue weighted by Crippen LogP contribution is 2.28. The van der Waals surface area contributed by atoms with Gasteiger partial charge in [0.1, 0.15) is 0 Å². The molecule has 0 spiro atoms. The third-order valence-corrected chi connectivity index (χ3v) is 2.95. The summed E-state index contributed by atoms with van der Waals surface area (Å²) in [5, 5.41) is 0. The third kappa shape index (κ3) is 3.17. The smallest absolute Gasteiger partial charge is 0.163 e. The van der Waals surface area contributed by atoms with Gasteiger partial charge in [0, 0.05) is 0 Å². The second-order valence-electron chi connectivity index (χ2n) is 5.48. The molecule has 0 aromatic heterocycles. The molecule has 16 heavy (non-hydrogen) atoms. The molecule has 4 nitrogen and oxygen atoms in total. The molecule has 0 aliphatic carbocycles. The van der Waals surface area contributed by atoms with Gasteiger partial charge in [0.05, 0.1) is 25.4 Å². The second-order valence-corrected chi connectivity index (χ2v) is 5.48. The number of hydrogen-bond acceptors (Lipinski definition) is 4. The van der Waals surface area contributed by atoms with Gasteiger partial charge in [0.15, 0.2) is 11.6 Å². The Labute approximate surface area is 97.2 Å². The highest BCUT2D eigenvalue weighted by Gasteiger charge is 2.35. The Kier molecular flexibility index (Phi) is 3.27. The quantitative estimate of drug-likeness (QED) is 0.743. The lowest BCUT2D eigenvalue weighted by molar-refractivity contribution is -0.146. The van der Waals surface area contributed by atoms with Crippen LogP contribution >= 0.6 is 0 Å². The molecule has 2 saturated heterocycles. The Balaban J connectivity index is 1.69. The lowest BCUT2D eigenvalue weighted by atomic mass is 10.1. The van der Waals surface area contributed by atoms with Crippen LogP contribution in [0.2, 0.25) is 0 Å². The van der Waals surface area contributed by atoms with Gasteiger partial charge < -0.3 is 18.9 Å². The summed E-state index contributed by atoms with van der Waals surface area (Å²) in [6, 6.07) is 0.